The van der Waals surface area contributed by atoms with E-state index in [2.05, 4.69) is 0 Å². The maximum Gasteiger partial charge on any atom is 0.478 e. The molecule has 0 bridgehead atoms. The Hall–Kier alpha value is -1.55. The van der Waals surface area contributed by atoms with Gasteiger partial charge in [0.15, 0.2) is 0 Å². The normalized spacial score (nSPS) is 10.3. The minimum atomic E-state index is -1.14. The summed E-state index contributed by atoms with van der Waals surface area (Å²) in [5, 5.41) is 20.1. The molecule has 2 N–H and O–H groups in total. The first-order valence-corrected chi connectivity index (χ1v) is 6.22. The molecule has 0 amide bonds. The van der Waals surface area contributed by atoms with Gasteiger partial charge >= 0.3 is 14.2 Å². The van der Waals surface area contributed by atoms with Crippen LogP contribution < -0.4 is 10.9 Å². The largest absolute Gasteiger partial charge is 0.478 e. The summed E-state index contributed by atoms with van der Waals surface area (Å²) in [6.07, 6.45) is 0. The van der Waals surface area contributed by atoms with E-state index in [0.717, 1.165) is 11.1 Å². The molecule has 0 fully saturated rings. The second kappa shape index (κ2) is 6.06. The van der Waals surface area contributed by atoms with Gasteiger partial charge in [0.05, 0.1) is 0 Å². The summed E-state index contributed by atoms with van der Waals surface area (Å²) in [5.41, 5.74) is 3.17. The first kappa shape index (κ1) is 13.9. The van der Waals surface area contributed by atoms with E-state index in [1.807, 2.05) is 50.2 Å². The van der Waals surface area contributed by atoms with E-state index in [1.165, 1.54) is 0 Å². The summed E-state index contributed by atoms with van der Waals surface area (Å²) in [6.45, 7) is 3.78. The van der Waals surface area contributed by atoms with Crippen molar-refractivity contribution >= 4 is 25.2 Å². The monoisotopic (exact) mass is 254 g/mol. The van der Waals surface area contributed by atoms with Crippen molar-refractivity contribution in [3.63, 3.8) is 0 Å². The average Bonchev–Trinajstić information content (AvgIpc) is 2.39. The van der Waals surface area contributed by atoms with E-state index in [9.17, 15) is 10.0 Å². The quantitative estimate of drug-likeness (QED) is 0.776. The van der Waals surface area contributed by atoms with Crippen LogP contribution in [-0.2, 0) is 4.57 Å². The van der Waals surface area contributed by atoms with Crippen LogP contribution >= 0.6 is 0 Å². The molecule has 0 atom stereocenters. The third kappa shape index (κ3) is 3.26. The second-order valence-electron chi connectivity index (χ2n) is 4.55. The molecule has 0 radical (unpaired) electrons. The van der Waals surface area contributed by atoms with Crippen LogP contribution in [0, 0.1) is 13.8 Å². The summed E-state index contributed by atoms with van der Waals surface area (Å²) in [7, 11) is -2.29. The van der Waals surface area contributed by atoms with Gasteiger partial charge in [-0.15, -0.1) is 0 Å². The zero-order chi connectivity index (χ0) is 13.8. The first-order chi connectivity index (χ1) is 9.09. The molecule has 19 heavy (non-hydrogen) atoms. The van der Waals surface area contributed by atoms with Crippen LogP contribution in [-0.4, -0.2) is 24.3 Å². The molecule has 0 unspecified atom stereocenters. The van der Waals surface area contributed by atoms with Gasteiger partial charge in [0.2, 0.25) is 0 Å². The summed E-state index contributed by atoms with van der Waals surface area (Å²) >= 11 is 0. The highest BCUT2D eigenvalue weighted by atomic mass is 16.5. The van der Waals surface area contributed by atoms with Crippen LogP contribution in [0.4, 0.5) is 0 Å². The minimum absolute atomic E-state index is 0.662. The molecule has 0 spiro atoms. The number of aryl methyl sites for hydroxylation is 2. The van der Waals surface area contributed by atoms with Gasteiger partial charge in [0.25, 0.3) is 0 Å². The molecular weight excluding hydrogens is 238 g/mol. The summed E-state index contributed by atoms with van der Waals surface area (Å²) < 4.78 is 5.30. The summed E-state index contributed by atoms with van der Waals surface area (Å²) in [5.74, 6) is 0. The van der Waals surface area contributed by atoms with E-state index >= 15 is 0 Å². The number of hydrogen-bond donors (Lipinski definition) is 2. The molecule has 0 aliphatic rings. The van der Waals surface area contributed by atoms with Crippen LogP contribution in [0.15, 0.2) is 48.5 Å². The molecule has 3 nitrogen and oxygen atoms in total. The highest BCUT2D eigenvalue weighted by molar-refractivity contribution is 6.73. The van der Waals surface area contributed by atoms with Gasteiger partial charge in [0.1, 0.15) is 0 Å². The Kier molecular flexibility index (Phi) is 4.43. The fraction of sp³-hybridized carbons (Fsp3) is 0.143. The number of hydrogen-bond acceptors (Lipinski definition) is 3. The molecule has 0 aliphatic carbocycles. The lowest BCUT2D eigenvalue weighted by Crippen LogP contribution is -2.46. The molecule has 2 aromatic rings. The van der Waals surface area contributed by atoms with Crippen molar-refractivity contribution in [3.05, 3.63) is 59.7 Å². The molecule has 0 heterocycles. The predicted molar refractivity (Wildman–Crippen MR) is 78.7 cm³/mol. The Morgan fingerprint density at radius 3 is 1.47 bits per heavy atom. The van der Waals surface area contributed by atoms with Crippen molar-refractivity contribution in [1.29, 1.82) is 0 Å². The van der Waals surface area contributed by atoms with Crippen molar-refractivity contribution in [1.82, 2.24) is 0 Å². The first-order valence-electron chi connectivity index (χ1n) is 6.22. The molecule has 0 aliphatic heterocycles. The Morgan fingerprint density at radius 2 is 1.11 bits per heavy atom. The maximum atomic E-state index is 10.0. The molecule has 0 aromatic heterocycles. The smallest absolute Gasteiger partial charge is 0.443 e. The Bertz CT molecular complexity index is 510. The fourth-order valence-corrected chi connectivity index (χ4v) is 2.00. The van der Waals surface area contributed by atoms with Crippen molar-refractivity contribution in [3.8, 4) is 0 Å². The van der Waals surface area contributed by atoms with E-state index < -0.39 is 14.2 Å². The third-order valence-corrected chi connectivity index (χ3v) is 3.17. The molecule has 0 saturated heterocycles. The molecule has 2 aromatic carbocycles. The van der Waals surface area contributed by atoms with Gasteiger partial charge in [-0.05, 0) is 24.8 Å². The zero-order valence-electron chi connectivity index (χ0n) is 11.1. The lowest BCUT2D eigenvalue weighted by atomic mass is 9.69. The lowest BCUT2D eigenvalue weighted by Gasteiger charge is -2.15. The SMILES string of the molecule is Cc1ccccc1B(O)OB(O)c1ccccc1C. The van der Waals surface area contributed by atoms with Gasteiger partial charge in [-0.1, -0.05) is 59.7 Å². The van der Waals surface area contributed by atoms with E-state index in [0.29, 0.717) is 10.9 Å². The molecule has 96 valence electrons. The molecule has 5 heteroatoms. The van der Waals surface area contributed by atoms with Gasteiger partial charge in [-0.25, -0.2) is 0 Å². The van der Waals surface area contributed by atoms with Crippen LogP contribution in [0.3, 0.4) is 0 Å². The third-order valence-electron chi connectivity index (χ3n) is 3.17. The van der Waals surface area contributed by atoms with Crippen molar-refractivity contribution < 1.29 is 14.6 Å². The van der Waals surface area contributed by atoms with Crippen LogP contribution in [0.5, 0.6) is 0 Å². The Labute approximate surface area is 114 Å². The zero-order valence-corrected chi connectivity index (χ0v) is 11.1. The Morgan fingerprint density at radius 1 is 0.737 bits per heavy atom. The number of benzene rings is 2. The minimum Gasteiger partial charge on any atom is -0.443 e. The Balaban J connectivity index is 2.13. The van der Waals surface area contributed by atoms with Gasteiger partial charge in [-0.3, -0.25) is 0 Å². The summed E-state index contributed by atoms with van der Waals surface area (Å²) in [4.78, 5) is 0. The van der Waals surface area contributed by atoms with Crippen molar-refractivity contribution in [2.75, 3.05) is 0 Å². The standard InChI is InChI=1S/C14H16B2O3/c1-11-7-3-5-9-13(11)15(17)19-16(18)14-10-6-4-8-12(14)2/h3-10,17-18H,1-2H3. The van der Waals surface area contributed by atoms with Crippen LogP contribution in [0.25, 0.3) is 0 Å². The van der Waals surface area contributed by atoms with Crippen molar-refractivity contribution in [2.24, 2.45) is 0 Å². The highest BCUT2D eigenvalue weighted by Crippen LogP contribution is 2.00. The van der Waals surface area contributed by atoms with E-state index in [1.54, 1.807) is 12.1 Å². The number of rotatable bonds is 4. The van der Waals surface area contributed by atoms with Gasteiger partial charge in [-0.2, -0.15) is 0 Å². The fourth-order valence-electron chi connectivity index (χ4n) is 2.00. The van der Waals surface area contributed by atoms with E-state index in [-0.39, 0.29) is 0 Å². The summed E-state index contributed by atoms with van der Waals surface area (Å²) in [6, 6.07) is 14.8. The topological polar surface area (TPSA) is 49.7 Å². The predicted octanol–water partition coefficient (Wildman–Crippen LogP) is 0.395. The molecule has 2 rings (SSSR count). The molecule has 0 saturated carbocycles. The lowest BCUT2D eigenvalue weighted by molar-refractivity contribution is 0.378. The van der Waals surface area contributed by atoms with Crippen LogP contribution in [0.1, 0.15) is 11.1 Å². The average molecular weight is 254 g/mol. The molecular formula is C14H16B2O3. The van der Waals surface area contributed by atoms with E-state index in [4.69, 9.17) is 4.57 Å². The highest BCUT2D eigenvalue weighted by Gasteiger charge is 2.27. The second-order valence-corrected chi connectivity index (χ2v) is 4.55. The maximum absolute atomic E-state index is 10.0. The van der Waals surface area contributed by atoms with Crippen molar-refractivity contribution in [2.45, 2.75) is 13.8 Å². The van der Waals surface area contributed by atoms with Gasteiger partial charge < -0.3 is 14.6 Å². The van der Waals surface area contributed by atoms with Gasteiger partial charge in [0, 0.05) is 0 Å². The van der Waals surface area contributed by atoms with Crippen LogP contribution in [0.2, 0.25) is 0 Å².